The van der Waals surface area contributed by atoms with Crippen LogP contribution in [0.1, 0.15) is 56.3 Å². The minimum atomic E-state index is -0.653. The SMILES string of the molecule is CCOc1cc(C(=O)OCC(=O)c2[nH]c(C)c(C(C)=O)c2C)ccc1OC. The number of nitrogens with one attached hydrogen (secondary N) is 1. The third kappa shape index (κ3) is 4.36. The molecule has 1 heterocycles. The number of ether oxygens (including phenoxy) is 3. The molecule has 7 heteroatoms. The highest BCUT2D eigenvalue weighted by atomic mass is 16.5. The monoisotopic (exact) mass is 373 g/mol. The van der Waals surface area contributed by atoms with Crippen molar-refractivity contribution in [2.75, 3.05) is 20.3 Å². The van der Waals surface area contributed by atoms with E-state index >= 15 is 0 Å². The summed E-state index contributed by atoms with van der Waals surface area (Å²) in [6, 6.07) is 4.64. The number of benzene rings is 1. The summed E-state index contributed by atoms with van der Waals surface area (Å²) in [6.45, 7) is 6.65. The molecule has 144 valence electrons. The van der Waals surface area contributed by atoms with Crippen LogP contribution < -0.4 is 9.47 Å². The van der Waals surface area contributed by atoms with Gasteiger partial charge in [0, 0.05) is 11.3 Å². The zero-order valence-corrected chi connectivity index (χ0v) is 16.1. The Morgan fingerprint density at radius 3 is 2.37 bits per heavy atom. The minimum absolute atomic E-state index is 0.126. The molecule has 0 aliphatic rings. The summed E-state index contributed by atoms with van der Waals surface area (Å²) < 4.78 is 15.7. The van der Waals surface area contributed by atoms with Gasteiger partial charge in [-0.1, -0.05) is 0 Å². The van der Waals surface area contributed by atoms with Crippen molar-refractivity contribution in [1.82, 2.24) is 4.98 Å². The number of H-pyrrole nitrogens is 1. The third-order valence-corrected chi connectivity index (χ3v) is 4.10. The van der Waals surface area contributed by atoms with E-state index in [1.165, 1.54) is 26.2 Å². The van der Waals surface area contributed by atoms with E-state index in [2.05, 4.69) is 4.98 Å². The molecule has 0 amide bonds. The van der Waals surface area contributed by atoms with Crippen molar-refractivity contribution in [3.05, 3.63) is 46.3 Å². The molecule has 0 radical (unpaired) electrons. The highest BCUT2D eigenvalue weighted by Crippen LogP contribution is 2.28. The fourth-order valence-electron chi connectivity index (χ4n) is 2.92. The van der Waals surface area contributed by atoms with E-state index in [9.17, 15) is 14.4 Å². The van der Waals surface area contributed by atoms with Gasteiger partial charge in [-0.05, 0) is 51.5 Å². The zero-order chi connectivity index (χ0) is 20.1. The lowest BCUT2D eigenvalue weighted by molar-refractivity contribution is 0.0473. The average molecular weight is 373 g/mol. The van der Waals surface area contributed by atoms with E-state index in [1.54, 1.807) is 19.9 Å². The first-order valence-electron chi connectivity index (χ1n) is 8.51. The maximum absolute atomic E-state index is 12.4. The highest BCUT2D eigenvalue weighted by Gasteiger charge is 2.21. The molecule has 0 fully saturated rings. The molecule has 7 nitrogen and oxygen atoms in total. The quantitative estimate of drug-likeness (QED) is 0.564. The maximum Gasteiger partial charge on any atom is 0.338 e. The van der Waals surface area contributed by atoms with Crippen molar-refractivity contribution >= 4 is 17.5 Å². The molecule has 1 N–H and O–H groups in total. The van der Waals surface area contributed by atoms with Crippen LogP contribution in [-0.4, -0.2) is 42.8 Å². The van der Waals surface area contributed by atoms with Gasteiger partial charge in [0.25, 0.3) is 0 Å². The molecule has 0 unspecified atom stereocenters. The number of hydrogen-bond acceptors (Lipinski definition) is 6. The van der Waals surface area contributed by atoms with E-state index < -0.39 is 18.4 Å². The number of carbonyl (C=O) groups excluding carboxylic acids is 3. The summed E-state index contributed by atoms with van der Waals surface area (Å²) in [5.41, 5.74) is 2.18. The lowest BCUT2D eigenvalue weighted by Gasteiger charge is -2.11. The second-order valence-electron chi connectivity index (χ2n) is 5.98. The van der Waals surface area contributed by atoms with E-state index in [4.69, 9.17) is 14.2 Å². The van der Waals surface area contributed by atoms with Crippen LogP contribution in [0.5, 0.6) is 11.5 Å². The Balaban J connectivity index is 2.12. The van der Waals surface area contributed by atoms with Crippen molar-refractivity contribution < 1.29 is 28.6 Å². The van der Waals surface area contributed by atoms with Crippen molar-refractivity contribution in [2.24, 2.45) is 0 Å². The Morgan fingerprint density at radius 2 is 1.81 bits per heavy atom. The molecular weight excluding hydrogens is 350 g/mol. The number of ketones is 2. The summed E-state index contributed by atoms with van der Waals surface area (Å²) in [5.74, 6) is -0.268. The van der Waals surface area contributed by atoms with Crippen LogP contribution in [0.15, 0.2) is 18.2 Å². The van der Waals surface area contributed by atoms with Crippen LogP contribution in [0.3, 0.4) is 0 Å². The van der Waals surface area contributed by atoms with Crippen molar-refractivity contribution in [3.8, 4) is 11.5 Å². The molecule has 0 aliphatic carbocycles. The van der Waals surface area contributed by atoms with Gasteiger partial charge in [0.1, 0.15) is 0 Å². The second-order valence-corrected chi connectivity index (χ2v) is 5.98. The lowest BCUT2D eigenvalue weighted by atomic mass is 10.1. The number of rotatable bonds is 8. The fourth-order valence-corrected chi connectivity index (χ4v) is 2.92. The summed E-state index contributed by atoms with van der Waals surface area (Å²) in [4.78, 5) is 39.2. The van der Waals surface area contributed by atoms with Crippen LogP contribution in [0.25, 0.3) is 0 Å². The molecule has 0 aliphatic heterocycles. The largest absolute Gasteiger partial charge is 0.493 e. The van der Waals surface area contributed by atoms with Gasteiger partial charge >= 0.3 is 5.97 Å². The van der Waals surface area contributed by atoms with Gasteiger partial charge in [0.2, 0.25) is 5.78 Å². The Morgan fingerprint density at radius 1 is 1.11 bits per heavy atom. The number of Topliss-reactive ketones (excluding diaryl/α,β-unsaturated/α-hetero) is 2. The smallest absolute Gasteiger partial charge is 0.338 e. The van der Waals surface area contributed by atoms with Gasteiger partial charge in [-0.25, -0.2) is 4.79 Å². The van der Waals surface area contributed by atoms with Crippen LogP contribution in [0, 0.1) is 13.8 Å². The first kappa shape index (κ1) is 20.2. The highest BCUT2D eigenvalue weighted by molar-refractivity contribution is 6.04. The molecule has 1 aromatic carbocycles. The molecule has 0 spiro atoms. The number of hydrogen-bond donors (Lipinski definition) is 1. The average Bonchev–Trinajstić information content (AvgIpc) is 2.94. The molecule has 27 heavy (non-hydrogen) atoms. The fraction of sp³-hybridized carbons (Fsp3) is 0.350. The number of carbonyl (C=O) groups is 3. The zero-order valence-electron chi connectivity index (χ0n) is 16.1. The molecule has 0 saturated carbocycles. The van der Waals surface area contributed by atoms with E-state index in [1.807, 2.05) is 6.92 Å². The molecule has 0 saturated heterocycles. The normalized spacial score (nSPS) is 10.4. The topological polar surface area (TPSA) is 94.7 Å². The molecule has 0 atom stereocenters. The van der Waals surface area contributed by atoms with E-state index in [0.717, 1.165) is 0 Å². The third-order valence-electron chi connectivity index (χ3n) is 4.10. The summed E-state index contributed by atoms with van der Waals surface area (Å²) in [7, 11) is 1.50. The minimum Gasteiger partial charge on any atom is -0.493 e. The second kappa shape index (κ2) is 8.53. The van der Waals surface area contributed by atoms with Crippen LogP contribution in [0.4, 0.5) is 0 Å². The first-order chi connectivity index (χ1) is 12.8. The van der Waals surface area contributed by atoms with Crippen LogP contribution >= 0.6 is 0 Å². The Labute approximate surface area is 157 Å². The summed E-state index contributed by atoms with van der Waals surface area (Å²) >= 11 is 0. The van der Waals surface area contributed by atoms with E-state index in [0.29, 0.717) is 34.9 Å². The standard InChI is InChI=1S/C20H23NO6/c1-6-26-17-9-14(7-8-16(17)25-5)20(24)27-10-15(23)19-11(2)18(13(4)22)12(3)21-19/h7-9,21H,6,10H2,1-5H3. The lowest BCUT2D eigenvalue weighted by Crippen LogP contribution is -2.15. The van der Waals surface area contributed by atoms with Crippen LogP contribution in [0.2, 0.25) is 0 Å². The van der Waals surface area contributed by atoms with E-state index in [-0.39, 0.29) is 17.0 Å². The van der Waals surface area contributed by atoms with Crippen molar-refractivity contribution in [1.29, 1.82) is 0 Å². The number of aromatic nitrogens is 1. The number of esters is 1. The maximum atomic E-state index is 12.4. The first-order valence-corrected chi connectivity index (χ1v) is 8.51. The Bertz CT molecular complexity index is 881. The Hall–Kier alpha value is -3.09. The Kier molecular flexibility index (Phi) is 6.39. The van der Waals surface area contributed by atoms with Crippen molar-refractivity contribution in [2.45, 2.75) is 27.7 Å². The van der Waals surface area contributed by atoms with Gasteiger partial charge in [-0.2, -0.15) is 0 Å². The van der Waals surface area contributed by atoms with Crippen molar-refractivity contribution in [3.63, 3.8) is 0 Å². The van der Waals surface area contributed by atoms with Gasteiger partial charge in [0.05, 0.1) is 25.0 Å². The van der Waals surface area contributed by atoms with Gasteiger partial charge in [-0.15, -0.1) is 0 Å². The number of aryl methyl sites for hydroxylation is 1. The molecule has 1 aromatic heterocycles. The number of methoxy groups -OCH3 is 1. The predicted octanol–water partition coefficient (Wildman–Crippen LogP) is 3.28. The van der Waals surface area contributed by atoms with Gasteiger partial charge in [0.15, 0.2) is 23.9 Å². The molecule has 2 rings (SSSR count). The molecule has 0 bridgehead atoms. The molecular formula is C20H23NO6. The summed E-state index contributed by atoms with van der Waals surface area (Å²) in [6.07, 6.45) is 0. The number of aromatic amines is 1. The van der Waals surface area contributed by atoms with Crippen LogP contribution in [-0.2, 0) is 4.74 Å². The van der Waals surface area contributed by atoms with Gasteiger partial charge < -0.3 is 19.2 Å². The molecule has 2 aromatic rings. The predicted molar refractivity (Wildman–Crippen MR) is 99.0 cm³/mol. The van der Waals surface area contributed by atoms with Gasteiger partial charge in [-0.3, -0.25) is 9.59 Å². The summed E-state index contributed by atoms with van der Waals surface area (Å²) in [5, 5.41) is 0.